The van der Waals surface area contributed by atoms with E-state index in [-0.39, 0.29) is 41.6 Å². The first-order valence-electron chi connectivity index (χ1n) is 11.8. The molecule has 32 heavy (non-hydrogen) atoms. The first-order valence-corrected chi connectivity index (χ1v) is 11.8. The second kappa shape index (κ2) is 9.76. The molecule has 4 rings (SSSR count). The predicted molar refractivity (Wildman–Crippen MR) is 124 cm³/mol. The van der Waals surface area contributed by atoms with Crippen molar-refractivity contribution < 1.29 is 14.3 Å². The Morgan fingerprint density at radius 1 is 1.16 bits per heavy atom. The van der Waals surface area contributed by atoms with Crippen molar-refractivity contribution in [3.05, 3.63) is 42.0 Å². The van der Waals surface area contributed by atoms with Crippen LogP contribution < -0.4 is 15.4 Å². The number of ether oxygens (including phenoxy) is 1. The summed E-state index contributed by atoms with van der Waals surface area (Å²) < 4.78 is 5.76. The Morgan fingerprint density at radius 2 is 1.88 bits per heavy atom. The van der Waals surface area contributed by atoms with Crippen molar-refractivity contribution in [2.24, 2.45) is 28.7 Å². The number of carbonyl (C=O) groups excluding carboxylic acids is 2. The van der Waals surface area contributed by atoms with Crippen LogP contribution in [0.3, 0.4) is 0 Å². The number of hydrogen-bond donors (Lipinski definition) is 2. The number of likely N-dealkylation sites (tertiary alicyclic amines) is 1. The van der Waals surface area contributed by atoms with Gasteiger partial charge in [0.2, 0.25) is 11.8 Å². The molecule has 2 bridgehead atoms. The lowest BCUT2D eigenvalue weighted by Gasteiger charge is -2.18. The van der Waals surface area contributed by atoms with Crippen LogP contribution in [0, 0.1) is 23.7 Å². The number of aliphatic imine (C=N–C) groups is 1. The molecule has 1 aliphatic heterocycles. The lowest BCUT2D eigenvalue weighted by Crippen LogP contribution is -2.40. The van der Waals surface area contributed by atoms with Crippen LogP contribution in [-0.2, 0) is 16.1 Å². The number of guanidine groups is 1. The average molecular weight is 439 g/mol. The highest BCUT2D eigenvalue weighted by molar-refractivity contribution is 6.06. The lowest BCUT2D eigenvalue weighted by molar-refractivity contribution is -0.140. The van der Waals surface area contributed by atoms with Gasteiger partial charge in [0.25, 0.3) is 0 Å². The summed E-state index contributed by atoms with van der Waals surface area (Å²) in [5.74, 6) is 1.93. The van der Waals surface area contributed by atoms with Crippen LogP contribution in [0.4, 0.5) is 0 Å². The van der Waals surface area contributed by atoms with E-state index in [1.54, 1.807) is 0 Å². The fourth-order valence-electron chi connectivity index (χ4n) is 5.13. The van der Waals surface area contributed by atoms with Crippen LogP contribution in [0.1, 0.15) is 39.2 Å². The number of fused-ring (bicyclic) bond motifs is 5. The molecule has 1 aromatic rings. The molecule has 4 unspecified atom stereocenters. The molecule has 1 aromatic carbocycles. The largest absolute Gasteiger partial charge is 0.491 e. The molecule has 172 valence electrons. The van der Waals surface area contributed by atoms with Gasteiger partial charge in [-0.2, -0.15) is 0 Å². The third kappa shape index (κ3) is 4.66. The molecule has 1 saturated carbocycles. The minimum atomic E-state index is -0.111. The molecule has 1 heterocycles. The Hall–Kier alpha value is -2.83. The molecule has 4 atom stereocenters. The van der Waals surface area contributed by atoms with E-state index in [0.29, 0.717) is 26.1 Å². The normalized spacial score (nSPS) is 26.2. The number of nitrogens with one attached hydrogen (secondary N) is 2. The van der Waals surface area contributed by atoms with Crippen LogP contribution >= 0.6 is 0 Å². The summed E-state index contributed by atoms with van der Waals surface area (Å²) in [5, 5.41) is 6.57. The maximum atomic E-state index is 12.8. The van der Waals surface area contributed by atoms with Gasteiger partial charge in [-0.1, -0.05) is 24.3 Å². The molecule has 1 saturated heterocycles. The Bertz CT molecular complexity index is 880. The van der Waals surface area contributed by atoms with E-state index < -0.39 is 0 Å². The van der Waals surface area contributed by atoms with Crippen LogP contribution in [0.5, 0.6) is 5.75 Å². The quantitative estimate of drug-likeness (QED) is 0.204. The topological polar surface area (TPSA) is 83.0 Å². The van der Waals surface area contributed by atoms with E-state index in [1.807, 2.05) is 45.0 Å². The maximum Gasteiger partial charge on any atom is 0.233 e. The summed E-state index contributed by atoms with van der Waals surface area (Å²) >= 11 is 0. The van der Waals surface area contributed by atoms with Gasteiger partial charge in [-0.3, -0.25) is 14.5 Å². The van der Waals surface area contributed by atoms with E-state index in [1.165, 1.54) is 4.90 Å². The number of carbonyl (C=O) groups is 2. The van der Waals surface area contributed by atoms with Crippen molar-refractivity contribution in [2.45, 2.75) is 46.3 Å². The summed E-state index contributed by atoms with van der Waals surface area (Å²) in [5.41, 5.74) is 1.07. The molecule has 0 spiro atoms. The fraction of sp³-hybridized carbons (Fsp3) is 0.560. The van der Waals surface area contributed by atoms with Crippen molar-refractivity contribution in [2.75, 3.05) is 19.6 Å². The lowest BCUT2D eigenvalue weighted by atomic mass is 9.85. The number of rotatable bonds is 9. The zero-order valence-electron chi connectivity index (χ0n) is 19.2. The summed E-state index contributed by atoms with van der Waals surface area (Å²) in [6.45, 7) is 8.43. The van der Waals surface area contributed by atoms with Gasteiger partial charge in [0, 0.05) is 19.6 Å². The summed E-state index contributed by atoms with van der Waals surface area (Å²) in [7, 11) is 0. The first kappa shape index (κ1) is 22.4. The van der Waals surface area contributed by atoms with Gasteiger partial charge >= 0.3 is 0 Å². The number of allylic oxidation sites excluding steroid dienone is 2. The zero-order valence-corrected chi connectivity index (χ0v) is 19.2. The van der Waals surface area contributed by atoms with E-state index in [9.17, 15) is 9.59 Å². The van der Waals surface area contributed by atoms with Crippen LogP contribution in [0.15, 0.2) is 41.4 Å². The highest BCUT2D eigenvalue weighted by Crippen LogP contribution is 2.52. The zero-order chi connectivity index (χ0) is 22.7. The van der Waals surface area contributed by atoms with E-state index in [4.69, 9.17) is 4.74 Å². The van der Waals surface area contributed by atoms with Gasteiger partial charge in [-0.15, -0.1) is 0 Å². The molecule has 3 aliphatic rings. The minimum absolute atomic E-state index is 0.0286. The first-order chi connectivity index (χ1) is 15.5. The summed E-state index contributed by atoms with van der Waals surface area (Å²) in [4.78, 5) is 31.7. The van der Waals surface area contributed by atoms with E-state index in [2.05, 4.69) is 27.8 Å². The van der Waals surface area contributed by atoms with Gasteiger partial charge in [-0.05, 0) is 63.1 Å². The van der Waals surface area contributed by atoms with Crippen molar-refractivity contribution >= 4 is 17.8 Å². The highest BCUT2D eigenvalue weighted by Gasteiger charge is 2.58. The maximum absolute atomic E-state index is 12.8. The highest BCUT2D eigenvalue weighted by atomic mass is 16.5. The van der Waals surface area contributed by atoms with Crippen molar-refractivity contribution in [3.63, 3.8) is 0 Å². The van der Waals surface area contributed by atoms with Gasteiger partial charge in [-0.25, -0.2) is 4.99 Å². The van der Waals surface area contributed by atoms with E-state index >= 15 is 0 Å². The third-order valence-electron chi connectivity index (χ3n) is 6.45. The smallest absolute Gasteiger partial charge is 0.233 e. The summed E-state index contributed by atoms with van der Waals surface area (Å²) in [6.07, 6.45) is 6.06. The summed E-state index contributed by atoms with van der Waals surface area (Å²) in [6, 6.07) is 7.97. The molecule has 7 heteroatoms. The van der Waals surface area contributed by atoms with Gasteiger partial charge < -0.3 is 15.4 Å². The van der Waals surface area contributed by atoms with E-state index in [0.717, 1.165) is 30.2 Å². The molecule has 2 amide bonds. The molecule has 0 radical (unpaired) electrons. The van der Waals surface area contributed by atoms with Crippen molar-refractivity contribution in [1.29, 1.82) is 0 Å². The Kier molecular flexibility index (Phi) is 6.82. The molecule has 2 N–H and O–H groups in total. The molecule has 2 aliphatic carbocycles. The SMILES string of the molecule is CCNC(=NCc1cccc(OC(C)C)c1)NCCCN1C(=O)C2C3C=CC(C3)C2C1=O. The minimum Gasteiger partial charge on any atom is -0.491 e. The van der Waals surface area contributed by atoms with Crippen LogP contribution in [0.2, 0.25) is 0 Å². The third-order valence-corrected chi connectivity index (χ3v) is 6.45. The van der Waals surface area contributed by atoms with Crippen LogP contribution in [-0.4, -0.2) is 48.4 Å². The number of hydrogen-bond acceptors (Lipinski definition) is 4. The predicted octanol–water partition coefficient (Wildman–Crippen LogP) is 2.73. The molecule has 2 fully saturated rings. The Morgan fingerprint density at radius 3 is 2.53 bits per heavy atom. The molecular formula is C25H34N4O3. The number of imide groups is 1. The van der Waals surface area contributed by atoms with Gasteiger partial charge in [0.1, 0.15) is 5.75 Å². The van der Waals surface area contributed by atoms with Gasteiger partial charge in [0.05, 0.1) is 24.5 Å². The molecular weight excluding hydrogens is 404 g/mol. The second-order valence-corrected chi connectivity index (χ2v) is 9.12. The fourth-order valence-corrected chi connectivity index (χ4v) is 5.13. The monoisotopic (exact) mass is 438 g/mol. The average Bonchev–Trinajstić information content (AvgIpc) is 3.44. The van der Waals surface area contributed by atoms with Crippen molar-refractivity contribution in [3.8, 4) is 5.75 Å². The number of benzene rings is 1. The van der Waals surface area contributed by atoms with Crippen LogP contribution in [0.25, 0.3) is 0 Å². The number of nitrogens with zero attached hydrogens (tertiary/aromatic N) is 2. The molecule has 0 aromatic heterocycles. The van der Waals surface area contributed by atoms with Crippen molar-refractivity contribution in [1.82, 2.24) is 15.5 Å². The second-order valence-electron chi connectivity index (χ2n) is 9.12. The molecule has 7 nitrogen and oxygen atoms in total. The standard InChI is InChI=1S/C25H34N4O3/c1-4-26-25(28-15-17-7-5-8-20(13-17)32-16(2)3)27-11-6-12-29-23(30)21-18-9-10-19(14-18)22(21)24(29)31/h5,7-10,13,16,18-19,21-22H,4,6,11-12,14-15H2,1-3H3,(H2,26,27,28). The number of amides is 2. The Balaban J connectivity index is 1.26. The van der Waals surface area contributed by atoms with Gasteiger partial charge in [0.15, 0.2) is 5.96 Å². The Labute approximate surface area is 190 Å².